The van der Waals surface area contributed by atoms with Crippen LogP contribution in [0.5, 0.6) is 0 Å². The number of hydrogen-bond donors (Lipinski definition) is 3. The van der Waals surface area contributed by atoms with Gasteiger partial charge in [0.15, 0.2) is 0 Å². The Morgan fingerprint density at radius 3 is 2.41 bits per heavy atom. The fraction of sp³-hybridized carbons (Fsp3) is 0.536. The number of fused-ring (bicyclic) bond motifs is 1. The van der Waals surface area contributed by atoms with Gasteiger partial charge in [0, 0.05) is 24.3 Å². The van der Waals surface area contributed by atoms with Gasteiger partial charge in [-0.3, -0.25) is 0 Å². The van der Waals surface area contributed by atoms with Crippen molar-refractivity contribution in [1.29, 1.82) is 0 Å². The van der Waals surface area contributed by atoms with E-state index in [1.54, 1.807) is 11.0 Å². The molecule has 2 aromatic carbocycles. The van der Waals surface area contributed by atoms with Crippen molar-refractivity contribution in [1.82, 2.24) is 9.62 Å². The van der Waals surface area contributed by atoms with E-state index in [0.29, 0.717) is 18.8 Å². The summed E-state index contributed by atoms with van der Waals surface area (Å²) in [7, 11) is -3.60. The second-order valence-corrected chi connectivity index (χ2v) is 13.0. The fourth-order valence-electron chi connectivity index (χ4n) is 5.56. The van der Waals surface area contributed by atoms with Gasteiger partial charge in [-0.05, 0) is 86.9 Å². The highest BCUT2D eigenvalue weighted by molar-refractivity contribution is 7.89. The van der Waals surface area contributed by atoms with Gasteiger partial charge < -0.3 is 15.3 Å². The molecule has 202 valence electrons. The number of nitrogens with zero attached hydrogens (tertiary/aromatic N) is 1. The summed E-state index contributed by atoms with van der Waals surface area (Å²) < 4.78 is 41.9. The van der Waals surface area contributed by atoms with Crippen molar-refractivity contribution in [2.24, 2.45) is 0 Å². The molecule has 4 rings (SSSR count). The van der Waals surface area contributed by atoms with E-state index >= 15 is 0 Å². The number of urea groups is 1. The lowest BCUT2D eigenvalue weighted by Crippen LogP contribution is -2.52. The van der Waals surface area contributed by atoms with Gasteiger partial charge in [-0.15, -0.1) is 0 Å². The van der Waals surface area contributed by atoms with Gasteiger partial charge in [0.25, 0.3) is 0 Å². The Hall–Kier alpha value is -2.49. The van der Waals surface area contributed by atoms with Crippen molar-refractivity contribution in [2.45, 2.75) is 89.4 Å². The van der Waals surface area contributed by atoms with Crippen LogP contribution in [-0.2, 0) is 29.5 Å². The number of carbonyl (C=O) groups is 1. The van der Waals surface area contributed by atoms with Gasteiger partial charge in [0.05, 0.1) is 11.4 Å². The summed E-state index contributed by atoms with van der Waals surface area (Å²) in [6, 6.07) is 12.1. The van der Waals surface area contributed by atoms with Crippen LogP contribution in [0.3, 0.4) is 0 Å². The van der Waals surface area contributed by atoms with Crippen LogP contribution in [0.15, 0.2) is 42.5 Å². The molecule has 0 unspecified atom stereocenters. The molecule has 7 nitrogen and oxygen atoms in total. The fourth-order valence-corrected chi connectivity index (χ4v) is 7.53. The van der Waals surface area contributed by atoms with E-state index in [0.717, 1.165) is 68.1 Å². The first kappa shape index (κ1) is 27.5. The molecule has 9 heteroatoms. The van der Waals surface area contributed by atoms with E-state index in [2.05, 4.69) is 10.0 Å². The van der Waals surface area contributed by atoms with E-state index < -0.39 is 21.2 Å². The number of amides is 2. The lowest BCUT2D eigenvalue weighted by atomic mass is 9.79. The second-order valence-electron chi connectivity index (χ2n) is 11.3. The number of sulfonamides is 1. The smallest absolute Gasteiger partial charge is 0.322 e. The first-order chi connectivity index (χ1) is 17.4. The highest BCUT2D eigenvalue weighted by Crippen LogP contribution is 2.34. The molecular weight excluding hydrogens is 493 g/mol. The van der Waals surface area contributed by atoms with Gasteiger partial charge in [0.2, 0.25) is 10.0 Å². The molecule has 0 bridgehead atoms. The number of carbonyl (C=O) groups excluding carboxylic acids is 1. The molecule has 2 amide bonds. The number of aliphatic hydroxyl groups is 1. The predicted molar refractivity (Wildman–Crippen MR) is 143 cm³/mol. The van der Waals surface area contributed by atoms with E-state index in [9.17, 15) is 22.7 Å². The van der Waals surface area contributed by atoms with Gasteiger partial charge >= 0.3 is 6.03 Å². The summed E-state index contributed by atoms with van der Waals surface area (Å²) in [5.74, 6) is -0.604. The molecule has 0 spiro atoms. The van der Waals surface area contributed by atoms with Crippen molar-refractivity contribution in [3.8, 4) is 0 Å². The summed E-state index contributed by atoms with van der Waals surface area (Å²) in [5, 5.41) is 12.9. The molecule has 0 radical (unpaired) electrons. The molecule has 1 saturated carbocycles. The van der Waals surface area contributed by atoms with Crippen molar-refractivity contribution in [2.75, 3.05) is 11.1 Å². The van der Waals surface area contributed by atoms with Crippen molar-refractivity contribution in [3.05, 3.63) is 65.0 Å². The van der Waals surface area contributed by atoms with E-state index in [4.69, 9.17) is 0 Å². The monoisotopic (exact) mass is 531 g/mol. The summed E-state index contributed by atoms with van der Waals surface area (Å²) in [6.07, 6.45) is 7.11. The maximum absolute atomic E-state index is 13.5. The predicted octanol–water partition coefficient (Wildman–Crippen LogP) is 5.09. The lowest BCUT2D eigenvalue weighted by Gasteiger charge is -2.38. The molecular formula is C28H38FN3O4S. The third-order valence-corrected chi connectivity index (χ3v) is 9.06. The third kappa shape index (κ3) is 7.75. The maximum atomic E-state index is 13.5. The largest absolute Gasteiger partial charge is 0.389 e. The van der Waals surface area contributed by atoms with Crippen molar-refractivity contribution < 1.29 is 22.7 Å². The van der Waals surface area contributed by atoms with E-state index in [1.807, 2.05) is 24.3 Å². The molecule has 1 heterocycles. The quantitative estimate of drug-likeness (QED) is 0.420. The van der Waals surface area contributed by atoms with Crippen LogP contribution in [-0.4, -0.2) is 41.3 Å². The number of rotatable bonds is 9. The molecule has 0 saturated heterocycles. The average Bonchev–Trinajstić information content (AvgIpc) is 3.22. The first-order valence-corrected chi connectivity index (χ1v) is 14.7. The Morgan fingerprint density at radius 2 is 1.73 bits per heavy atom. The first-order valence-electron chi connectivity index (χ1n) is 13.1. The number of halogens is 1. The topological polar surface area (TPSA) is 98.7 Å². The zero-order valence-electron chi connectivity index (χ0n) is 21.7. The van der Waals surface area contributed by atoms with E-state index in [1.165, 1.54) is 26.0 Å². The molecule has 2 aliphatic rings. The minimum absolute atomic E-state index is 0.220. The Balaban J connectivity index is 1.29. The second kappa shape index (κ2) is 11.1. The Kier molecular flexibility index (Phi) is 8.26. The third-order valence-electron chi connectivity index (χ3n) is 7.23. The standard InChI is InChI=1S/C28H38FN3O4S/c1-27(2,34)20-37(35,36)31-28(14-4-3-5-15-28)16-6-7-21-8-12-25(13-9-21)30-26(33)32-18-22-10-11-24(29)17-23(22)19-32/h8-13,17,31,34H,3-7,14-16,18-20H2,1-2H3,(H,30,33). The van der Waals surface area contributed by atoms with Crippen LogP contribution in [0.2, 0.25) is 0 Å². The molecule has 37 heavy (non-hydrogen) atoms. The number of aryl methyl sites for hydroxylation is 1. The SMILES string of the molecule is CC(C)(O)CS(=O)(=O)NC1(CCCc2ccc(NC(=O)N3Cc4ccc(F)cc4C3)cc2)CCCCC1. The summed E-state index contributed by atoms with van der Waals surface area (Å²) >= 11 is 0. The Labute approximate surface area is 219 Å². The van der Waals surface area contributed by atoms with Crippen LogP contribution >= 0.6 is 0 Å². The van der Waals surface area contributed by atoms with Crippen LogP contribution in [0, 0.1) is 5.82 Å². The number of nitrogens with one attached hydrogen (secondary N) is 2. The molecule has 1 aliphatic heterocycles. The Morgan fingerprint density at radius 1 is 1.05 bits per heavy atom. The molecule has 1 aliphatic carbocycles. The van der Waals surface area contributed by atoms with Crippen molar-refractivity contribution >= 4 is 21.7 Å². The molecule has 1 fully saturated rings. The van der Waals surface area contributed by atoms with Crippen LogP contribution < -0.4 is 10.0 Å². The molecule has 0 aromatic heterocycles. The number of hydrogen-bond acceptors (Lipinski definition) is 4. The highest BCUT2D eigenvalue weighted by atomic mass is 32.2. The molecule has 2 aromatic rings. The van der Waals surface area contributed by atoms with Gasteiger partial charge in [-0.1, -0.05) is 37.5 Å². The van der Waals surface area contributed by atoms with Gasteiger partial charge in [0.1, 0.15) is 5.82 Å². The zero-order valence-corrected chi connectivity index (χ0v) is 22.5. The van der Waals surface area contributed by atoms with Crippen molar-refractivity contribution in [3.63, 3.8) is 0 Å². The lowest BCUT2D eigenvalue weighted by molar-refractivity contribution is 0.104. The van der Waals surface area contributed by atoms with Gasteiger partial charge in [-0.2, -0.15) is 0 Å². The zero-order chi connectivity index (χ0) is 26.7. The number of anilines is 1. The molecule has 0 atom stereocenters. The minimum Gasteiger partial charge on any atom is -0.389 e. The summed E-state index contributed by atoms with van der Waals surface area (Å²) in [6.45, 7) is 3.87. The van der Waals surface area contributed by atoms with Gasteiger partial charge in [-0.25, -0.2) is 22.3 Å². The summed E-state index contributed by atoms with van der Waals surface area (Å²) in [4.78, 5) is 14.3. The minimum atomic E-state index is -3.60. The normalized spacial score (nSPS) is 17.5. The Bertz CT molecular complexity index is 1200. The van der Waals surface area contributed by atoms with Crippen LogP contribution in [0.4, 0.5) is 14.9 Å². The van der Waals surface area contributed by atoms with Crippen LogP contribution in [0.25, 0.3) is 0 Å². The highest BCUT2D eigenvalue weighted by Gasteiger charge is 2.37. The van der Waals surface area contributed by atoms with Crippen LogP contribution in [0.1, 0.15) is 75.5 Å². The summed E-state index contributed by atoms with van der Waals surface area (Å²) in [5.41, 5.74) is 1.88. The number of benzene rings is 2. The maximum Gasteiger partial charge on any atom is 0.322 e. The average molecular weight is 532 g/mol. The van der Waals surface area contributed by atoms with E-state index in [-0.39, 0.29) is 17.6 Å². The molecule has 3 N–H and O–H groups in total.